The first kappa shape index (κ1) is 17.5. The Labute approximate surface area is 158 Å². The maximum absolute atomic E-state index is 13.1. The van der Waals surface area contributed by atoms with Crippen molar-refractivity contribution in [1.82, 2.24) is 19.0 Å². The number of carbonyl (C=O) groups is 1. The Balaban J connectivity index is 1.51. The number of piperidine rings is 1. The zero-order chi connectivity index (χ0) is 18.6. The van der Waals surface area contributed by atoms with Gasteiger partial charge in [-0.25, -0.2) is 4.98 Å². The van der Waals surface area contributed by atoms with E-state index in [1.54, 1.807) is 18.5 Å². The van der Waals surface area contributed by atoms with Crippen LogP contribution in [0, 0.1) is 0 Å². The molecular formula is C21H24N4O2. The van der Waals surface area contributed by atoms with Crippen LogP contribution in [-0.2, 0) is 17.9 Å². The third-order valence-corrected chi connectivity index (χ3v) is 5.42. The maximum Gasteiger partial charge on any atom is 0.242 e. The van der Waals surface area contributed by atoms with Crippen LogP contribution in [0.25, 0.3) is 10.9 Å². The van der Waals surface area contributed by atoms with Gasteiger partial charge >= 0.3 is 0 Å². The van der Waals surface area contributed by atoms with E-state index in [4.69, 9.17) is 0 Å². The standard InChI is InChI=1S/C21H24N4O2/c26-20-9-13-24(19-7-2-1-6-18(19)20)15-21(27)25-11-4-3-5-17(25)8-12-23-14-10-22-16-23/h1-2,6-7,9-10,13-14,16-17H,3-5,8,11-12,15H2/t17-/m1/s1. The Bertz CT molecular complexity index is 977. The molecule has 140 valence electrons. The van der Waals surface area contributed by atoms with Crippen LogP contribution in [0.1, 0.15) is 25.7 Å². The molecule has 0 spiro atoms. The average Bonchev–Trinajstić information content (AvgIpc) is 3.22. The lowest BCUT2D eigenvalue weighted by Gasteiger charge is -2.36. The van der Waals surface area contributed by atoms with Gasteiger partial charge < -0.3 is 14.0 Å². The Morgan fingerprint density at radius 3 is 2.89 bits per heavy atom. The summed E-state index contributed by atoms with van der Waals surface area (Å²) in [4.78, 5) is 31.2. The van der Waals surface area contributed by atoms with E-state index in [1.807, 2.05) is 46.3 Å². The predicted molar refractivity (Wildman–Crippen MR) is 104 cm³/mol. The van der Waals surface area contributed by atoms with Crippen LogP contribution in [0.2, 0.25) is 0 Å². The molecule has 27 heavy (non-hydrogen) atoms. The SMILES string of the molecule is O=C(Cn1ccc(=O)c2ccccc21)N1CCCC[C@@H]1CCn1ccnc1. The Kier molecular flexibility index (Phi) is 5.05. The minimum Gasteiger partial charge on any atom is -0.338 e. The summed E-state index contributed by atoms with van der Waals surface area (Å²) in [5.41, 5.74) is 0.802. The molecule has 1 amide bonds. The fourth-order valence-corrected chi connectivity index (χ4v) is 3.98. The van der Waals surface area contributed by atoms with Gasteiger partial charge in [0.1, 0.15) is 6.54 Å². The average molecular weight is 364 g/mol. The van der Waals surface area contributed by atoms with Crippen molar-refractivity contribution in [2.45, 2.75) is 44.8 Å². The number of para-hydroxylation sites is 1. The Hall–Kier alpha value is -2.89. The third kappa shape index (κ3) is 3.79. The van der Waals surface area contributed by atoms with Crippen LogP contribution < -0.4 is 5.43 Å². The largest absolute Gasteiger partial charge is 0.338 e. The van der Waals surface area contributed by atoms with Crippen LogP contribution >= 0.6 is 0 Å². The minimum absolute atomic E-state index is 0.00881. The topological polar surface area (TPSA) is 60.1 Å². The summed E-state index contributed by atoms with van der Waals surface area (Å²) >= 11 is 0. The van der Waals surface area contributed by atoms with Crippen molar-refractivity contribution in [1.29, 1.82) is 0 Å². The molecule has 4 rings (SSSR count). The fraction of sp³-hybridized carbons (Fsp3) is 0.381. The number of pyridine rings is 1. The number of nitrogens with zero attached hydrogens (tertiary/aromatic N) is 4. The highest BCUT2D eigenvalue weighted by molar-refractivity contribution is 5.82. The minimum atomic E-state index is -0.00881. The molecule has 3 heterocycles. The number of benzene rings is 1. The van der Waals surface area contributed by atoms with Crippen molar-refractivity contribution < 1.29 is 4.79 Å². The van der Waals surface area contributed by atoms with Crippen molar-refractivity contribution in [3.8, 4) is 0 Å². The molecule has 1 aromatic carbocycles. The van der Waals surface area contributed by atoms with Gasteiger partial charge in [0.05, 0.1) is 11.8 Å². The molecule has 0 aliphatic carbocycles. The first-order valence-electron chi connectivity index (χ1n) is 9.56. The number of hydrogen-bond acceptors (Lipinski definition) is 3. The van der Waals surface area contributed by atoms with Crippen LogP contribution in [0.5, 0.6) is 0 Å². The molecule has 0 bridgehead atoms. The van der Waals surface area contributed by atoms with Gasteiger partial charge in [-0.15, -0.1) is 0 Å². The van der Waals surface area contributed by atoms with E-state index in [-0.39, 0.29) is 23.9 Å². The summed E-state index contributed by atoms with van der Waals surface area (Å²) in [6.07, 6.45) is 11.5. The molecule has 6 heteroatoms. The first-order chi connectivity index (χ1) is 13.2. The van der Waals surface area contributed by atoms with Crippen molar-refractivity contribution in [2.75, 3.05) is 6.54 Å². The summed E-state index contributed by atoms with van der Waals surface area (Å²) in [5.74, 6) is 0.124. The van der Waals surface area contributed by atoms with Gasteiger partial charge in [0.2, 0.25) is 5.91 Å². The molecule has 3 aromatic rings. The molecule has 0 saturated carbocycles. The van der Waals surface area contributed by atoms with Crippen molar-refractivity contribution >= 4 is 16.8 Å². The normalized spacial score (nSPS) is 17.3. The zero-order valence-corrected chi connectivity index (χ0v) is 15.3. The summed E-state index contributed by atoms with van der Waals surface area (Å²) in [6, 6.07) is 9.27. The Morgan fingerprint density at radius 1 is 1.15 bits per heavy atom. The number of aryl methyl sites for hydroxylation is 1. The molecule has 1 saturated heterocycles. The number of fused-ring (bicyclic) bond motifs is 1. The number of aromatic nitrogens is 3. The molecule has 0 N–H and O–H groups in total. The van der Waals surface area contributed by atoms with Gasteiger partial charge in [-0.05, 0) is 37.8 Å². The predicted octanol–water partition coefficient (Wildman–Crippen LogP) is 2.67. The summed E-state index contributed by atoms with van der Waals surface area (Å²) in [7, 11) is 0. The van der Waals surface area contributed by atoms with E-state index in [2.05, 4.69) is 9.55 Å². The lowest BCUT2D eigenvalue weighted by molar-refractivity contribution is -0.135. The molecular weight excluding hydrogens is 340 g/mol. The molecule has 2 aromatic heterocycles. The van der Waals surface area contributed by atoms with Gasteiger partial charge in [-0.1, -0.05) is 12.1 Å². The highest BCUT2D eigenvalue weighted by Gasteiger charge is 2.26. The second-order valence-electron chi connectivity index (χ2n) is 7.15. The number of amides is 1. The maximum atomic E-state index is 13.1. The van der Waals surface area contributed by atoms with Gasteiger partial charge in [-0.2, -0.15) is 0 Å². The van der Waals surface area contributed by atoms with Gasteiger partial charge in [0, 0.05) is 49.2 Å². The van der Waals surface area contributed by atoms with Gasteiger partial charge in [0.15, 0.2) is 5.43 Å². The van der Waals surface area contributed by atoms with E-state index in [1.165, 1.54) is 6.42 Å². The number of imidazole rings is 1. The van der Waals surface area contributed by atoms with Gasteiger partial charge in [0.25, 0.3) is 0 Å². The van der Waals surface area contributed by atoms with Crippen LogP contribution in [0.3, 0.4) is 0 Å². The van der Waals surface area contributed by atoms with Crippen LogP contribution in [-0.4, -0.2) is 37.5 Å². The number of likely N-dealkylation sites (tertiary alicyclic amines) is 1. The fourth-order valence-electron chi connectivity index (χ4n) is 3.98. The number of carbonyl (C=O) groups excluding carboxylic acids is 1. The first-order valence-corrected chi connectivity index (χ1v) is 9.56. The van der Waals surface area contributed by atoms with E-state index in [0.717, 1.165) is 37.9 Å². The molecule has 0 radical (unpaired) electrons. The smallest absolute Gasteiger partial charge is 0.242 e. The van der Waals surface area contributed by atoms with Crippen molar-refractivity contribution in [3.05, 3.63) is 65.5 Å². The van der Waals surface area contributed by atoms with E-state index >= 15 is 0 Å². The van der Waals surface area contributed by atoms with Gasteiger partial charge in [-0.3, -0.25) is 9.59 Å². The third-order valence-electron chi connectivity index (χ3n) is 5.42. The summed E-state index contributed by atoms with van der Waals surface area (Å²) in [6.45, 7) is 1.95. The quantitative estimate of drug-likeness (QED) is 0.699. The molecule has 6 nitrogen and oxygen atoms in total. The highest BCUT2D eigenvalue weighted by Crippen LogP contribution is 2.21. The van der Waals surface area contributed by atoms with Crippen molar-refractivity contribution in [2.24, 2.45) is 0 Å². The monoisotopic (exact) mass is 364 g/mol. The molecule has 1 aliphatic rings. The molecule has 1 atom stereocenters. The van der Waals surface area contributed by atoms with E-state index in [0.29, 0.717) is 5.39 Å². The highest BCUT2D eigenvalue weighted by atomic mass is 16.2. The second-order valence-corrected chi connectivity index (χ2v) is 7.15. The Morgan fingerprint density at radius 2 is 2.04 bits per heavy atom. The van der Waals surface area contributed by atoms with Crippen LogP contribution in [0.15, 0.2) is 60.0 Å². The summed E-state index contributed by atoms with van der Waals surface area (Å²) < 4.78 is 3.95. The zero-order valence-electron chi connectivity index (χ0n) is 15.3. The number of rotatable bonds is 5. The number of hydrogen-bond donors (Lipinski definition) is 0. The summed E-state index contributed by atoms with van der Waals surface area (Å²) in [5, 5.41) is 0.656. The van der Waals surface area contributed by atoms with E-state index in [9.17, 15) is 9.59 Å². The molecule has 0 unspecified atom stereocenters. The second kappa shape index (κ2) is 7.78. The molecule has 1 aliphatic heterocycles. The van der Waals surface area contributed by atoms with Crippen LogP contribution in [0.4, 0.5) is 0 Å². The van der Waals surface area contributed by atoms with E-state index < -0.39 is 0 Å². The van der Waals surface area contributed by atoms with Crippen molar-refractivity contribution in [3.63, 3.8) is 0 Å². The lowest BCUT2D eigenvalue weighted by atomic mass is 9.99. The lowest BCUT2D eigenvalue weighted by Crippen LogP contribution is -2.45. The molecule has 1 fully saturated rings.